The summed E-state index contributed by atoms with van der Waals surface area (Å²) < 4.78 is 0. The van der Waals surface area contributed by atoms with Gasteiger partial charge in [0.2, 0.25) is 0 Å². The van der Waals surface area contributed by atoms with Crippen LogP contribution in [0.1, 0.15) is 64.9 Å². The van der Waals surface area contributed by atoms with Crippen LogP contribution in [0.5, 0.6) is 0 Å². The normalized spacial score (nSPS) is 10.6. The summed E-state index contributed by atoms with van der Waals surface area (Å²) in [4.78, 5) is 1.58. The summed E-state index contributed by atoms with van der Waals surface area (Å²) in [6.07, 6.45) is 9.57. The Hall–Kier alpha value is -0.0900. The number of aryl methyl sites for hydroxylation is 1. The fourth-order valence-corrected chi connectivity index (χ4v) is 2.67. The number of hydrogen-bond acceptors (Lipinski definition) is 0. The Bertz CT molecular complexity index is 317. The van der Waals surface area contributed by atoms with Gasteiger partial charge in [0.05, 0.1) is 13.1 Å². The Morgan fingerprint density at radius 2 is 1.30 bits per heavy atom. The second-order valence-electron chi connectivity index (χ2n) is 5.53. The van der Waals surface area contributed by atoms with Crippen LogP contribution in [-0.4, -0.2) is 13.1 Å². The Morgan fingerprint density at radius 1 is 0.750 bits per heavy atom. The molecule has 0 aliphatic heterocycles. The molecule has 0 saturated carbocycles. The van der Waals surface area contributed by atoms with E-state index in [4.69, 9.17) is 0 Å². The van der Waals surface area contributed by atoms with E-state index < -0.39 is 0 Å². The average Bonchev–Trinajstić information content (AvgIpc) is 2.45. The summed E-state index contributed by atoms with van der Waals surface area (Å²) in [7, 11) is 0. The molecule has 1 nitrogen and oxygen atoms in total. The zero-order chi connectivity index (χ0) is 13.9. The molecule has 0 radical (unpaired) electrons. The summed E-state index contributed by atoms with van der Waals surface area (Å²) in [5, 5.41) is 0. The second-order valence-corrected chi connectivity index (χ2v) is 5.53. The topological polar surface area (TPSA) is 4.44 Å². The lowest BCUT2D eigenvalue weighted by atomic mass is 10.0. The summed E-state index contributed by atoms with van der Waals surface area (Å²) >= 11 is 0. The first kappa shape index (κ1) is 19.9. The Labute approximate surface area is 143 Å². The molecular weight excluding hydrogens is 357 g/mol. The van der Waals surface area contributed by atoms with Gasteiger partial charge >= 0.3 is 0 Å². The molecule has 116 valence electrons. The highest BCUT2D eigenvalue weighted by atomic mass is 127. The molecule has 1 N–H and O–H groups in total. The van der Waals surface area contributed by atoms with Crippen molar-refractivity contribution in [3.8, 4) is 0 Å². The fourth-order valence-electron chi connectivity index (χ4n) is 2.67. The number of rotatable bonds is 10. The Morgan fingerprint density at radius 3 is 1.85 bits per heavy atom. The molecule has 0 atom stereocenters. The highest BCUT2D eigenvalue weighted by Gasteiger charge is 2.06. The van der Waals surface area contributed by atoms with E-state index in [2.05, 4.69) is 45.0 Å². The van der Waals surface area contributed by atoms with E-state index in [9.17, 15) is 0 Å². The van der Waals surface area contributed by atoms with E-state index in [-0.39, 0.29) is 24.0 Å². The number of quaternary nitrogens is 1. The van der Waals surface area contributed by atoms with Crippen LogP contribution in [0.25, 0.3) is 0 Å². The van der Waals surface area contributed by atoms with Crippen LogP contribution in [0.15, 0.2) is 24.3 Å². The zero-order valence-electron chi connectivity index (χ0n) is 13.6. The molecule has 0 saturated heterocycles. The average molecular weight is 389 g/mol. The highest BCUT2D eigenvalue weighted by Crippen LogP contribution is 2.11. The number of nitrogens with one attached hydrogen (secondary N) is 1. The molecule has 0 aromatic heterocycles. The maximum Gasteiger partial charge on any atom is 0.131 e. The summed E-state index contributed by atoms with van der Waals surface area (Å²) in [5.41, 5.74) is 2.95. The van der Waals surface area contributed by atoms with Crippen LogP contribution < -0.4 is 28.9 Å². The monoisotopic (exact) mass is 389 g/mol. The van der Waals surface area contributed by atoms with Crippen molar-refractivity contribution in [3.63, 3.8) is 0 Å². The molecule has 1 aromatic rings. The van der Waals surface area contributed by atoms with Gasteiger partial charge in [0.15, 0.2) is 0 Å². The first-order valence-corrected chi connectivity index (χ1v) is 8.25. The van der Waals surface area contributed by atoms with Crippen LogP contribution in [-0.2, 0) is 6.42 Å². The van der Waals surface area contributed by atoms with E-state index in [1.807, 2.05) is 0 Å². The molecule has 0 spiro atoms. The van der Waals surface area contributed by atoms with Crippen LogP contribution in [0.3, 0.4) is 0 Å². The summed E-state index contributed by atoms with van der Waals surface area (Å²) in [6.45, 7) is 9.13. The van der Waals surface area contributed by atoms with Crippen LogP contribution >= 0.6 is 0 Å². The number of benzene rings is 1. The third-order valence-corrected chi connectivity index (χ3v) is 4.03. The van der Waals surface area contributed by atoms with Crippen LogP contribution in [0, 0.1) is 0 Å². The molecule has 0 unspecified atom stereocenters. The zero-order valence-corrected chi connectivity index (χ0v) is 15.7. The van der Waals surface area contributed by atoms with Crippen molar-refractivity contribution in [1.82, 2.24) is 0 Å². The minimum atomic E-state index is 0. The maximum absolute atomic E-state index is 2.33. The van der Waals surface area contributed by atoms with Crippen molar-refractivity contribution in [2.45, 2.75) is 65.7 Å². The van der Waals surface area contributed by atoms with Gasteiger partial charge in [0.1, 0.15) is 5.69 Å². The first-order valence-electron chi connectivity index (χ1n) is 8.25. The number of hydrogen-bond donors (Lipinski definition) is 1. The number of unbranched alkanes of at least 4 members (excludes halogenated alkanes) is 5. The molecule has 0 amide bonds. The lowest BCUT2D eigenvalue weighted by Gasteiger charge is -2.15. The molecule has 2 heteroatoms. The molecule has 0 heterocycles. The molecule has 0 aliphatic rings. The quantitative estimate of drug-likeness (QED) is 0.453. The molecule has 0 fully saturated rings. The summed E-state index contributed by atoms with van der Waals surface area (Å²) in [5.74, 6) is 0. The standard InChI is InChI=1S/C18H31N.HI/c1-4-7-8-9-10-11-12-17-13-15-18(16-14-17)19(5-2)6-3;/h13-16H,4-12H2,1-3H3;1H. The predicted molar refractivity (Wildman–Crippen MR) is 85.2 cm³/mol. The Kier molecular flexibility index (Phi) is 12.6. The van der Waals surface area contributed by atoms with Crippen molar-refractivity contribution in [2.24, 2.45) is 0 Å². The van der Waals surface area contributed by atoms with Gasteiger partial charge in [-0.2, -0.15) is 0 Å². The van der Waals surface area contributed by atoms with Crippen LogP contribution in [0.2, 0.25) is 0 Å². The fraction of sp³-hybridized carbons (Fsp3) is 0.667. The van der Waals surface area contributed by atoms with Gasteiger partial charge in [-0.25, -0.2) is 0 Å². The maximum atomic E-state index is 2.33. The lowest BCUT2D eigenvalue weighted by molar-refractivity contribution is -0.828. The van der Waals surface area contributed by atoms with E-state index >= 15 is 0 Å². The molecule has 20 heavy (non-hydrogen) atoms. The Balaban J connectivity index is 0.00000361. The lowest BCUT2D eigenvalue weighted by Crippen LogP contribution is -3.06. The molecule has 1 aromatic carbocycles. The van der Waals surface area contributed by atoms with Crippen molar-refractivity contribution in [2.75, 3.05) is 13.1 Å². The van der Waals surface area contributed by atoms with Gasteiger partial charge in [0, 0.05) is 0 Å². The third kappa shape index (κ3) is 7.63. The van der Waals surface area contributed by atoms with Crippen molar-refractivity contribution in [3.05, 3.63) is 29.8 Å². The van der Waals surface area contributed by atoms with E-state index in [1.54, 1.807) is 4.90 Å². The predicted octanol–water partition coefficient (Wildman–Crippen LogP) is 1.15. The largest absolute Gasteiger partial charge is 1.00 e. The van der Waals surface area contributed by atoms with Crippen molar-refractivity contribution in [1.29, 1.82) is 0 Å². The van der Waals surface area contributed by atoms with Crippen LogP contribution in [0.4, 0.5) is 5.69 Å². The summed E-state index contributed by atoms with van der Waals surface area (Å²) in [6, 6.07) is 9.28. The SMILES string of the molecule is CCCCCCCCc1ccc([NH+](CC)CC)cc1.[I-]. The van der Waals surface area contributed by atoms with Gasteiger partial charge in [-0.3, -0.25) is 0 Å². The molecule has 1 rings (SSSR count). The van der Waals surface area contributed by atoms with Gasteiger partial charge in [-0.05, 0) is 44.4 Å². The van der Waals surface area contributed by atoms with E-state index in [0.717, 1.165) is 0 Å². The van der Waals surface area contributed by atoms with Gasteiger partial charge in [0.25, 0.3) is 0 Å². The van der Waals surface area contributed by atoms with E-state index in [1.165, 1.54) is 69.3 Å². The van der Waals surface area contributed by atoms with E-state index in [0.29, 0.717) is 0 Å². The third-order valence-electron chi connectivity index (χ3n) is 4.03. The van der Waals surface area contributed by atoms with Gasteiger partial charge in [-0.1, -0.05) is 51.2 Å². The molecule has 0 aliphatic carbocycles. The second kappa shape index (κ2) is 12.6. The van der Waals surface area contributed by atoms with Crippen molar-refractivity contribution >= 4 is 5.69 Å². The molecule has 0 bridgehead atoms. The van der Waals surface area contributed by atoms with Gasteiger partial charge in [-0.15, -0.1) is 0 Å². The molecular formula is C18H32IN. The van der Waals surface area contributed by atoms with Crippen molar-refractivity contribution < 1.29 is 28.9 Å². The van der Waals surface area contributed by atoms with Gasteiger partial charge < -0.3 is 28.9 Å². The number of halogens is 1. The highest BCUT2D eigenvalue weighted by molar-refractivity contribution is 5.32. The first-order chi connectivity index (χ1) is 9.31. The minimum Gasteiger partial charge on any atom is -1.00 e. The smallest absolute Gasteiger partial charge is 0.131 e. The minimum absolute atomic E-state index is 0.